The van der Waals surface area contributed by atoms with Crippen LogP contribution in [0.15, 0.2) is 35.4 Å². The van der Waals surface area contributed by atoms with Crippen LogP contribution in [-0.4, -0.2) is 83.8 Å². The van der Waals surface area contributed by atoms with Crippen molar-refractivity contribution in [1.82, 2.24) is 20.4 Å². The van der Waals surface area contributed by atoms with E-state index in [0.717, 1.165) is 51.6 Å². The average Bonchev–Trinajstić information content (AvgIpc) is 3.71. The number of carbonyl (C=O) groups is 3. The third-order valence-electron chi connectivity index (χ3n) is 6.77. The molecule has 2 amide bonds. The summed E-state index contributed by atoms with van der Waals surface area (Å²) < 4.78 is 0. The molecule has 2 aliphatic rings. The number of amides is 2. The van der Waals surface area contributed by atoms with Gasteiger partial charge in [-0.3, -0.25) is 14.4 Å². The van der Waals surface area contributed by atoms with E-state index in [1.165, 1.54) is 5.56 Å². The molecule has 0 aromatic heterocycles. The zero-order valence-corrected chi connectivity index (χ0v) is 21.0. The Balaban J connectivity index is 1.54. The van der Waals surface area contributed by atoms with Gasteiger partial charge in [0.05, 0.1) is 18.9 Å². The molecule has 10 nitrogen and oxygen atoms in total. The molecule has 2 fully saturated rings. The minimum absolute atomic E-state index is 0.0289. The van der Waals surface area contributed by atoms with Crippen LogP contribution in [0.4, 0.5) is 0 Å². The van der Waals surface area contributed by atoms with Crippen LogP contribution in [0.1, 0.15) is 50.5 Å². The summed E-state index contributed by atoms with van der Waals surface area (Å²) in [6.07, 6.45) is 7.04. The van der Waals surface area contributed by atoms with Gasteiger partial charge in [0.15, 0.2) is 0 Å². The van der Waals surface area contributed by atoms with Crippen molar-refractivity contribution in [2.45, 2.75) is 63.5 Å². The Morgan fingerprint density at radius 2 is 2.00 bits per heavy atom. The Bertz CT molecular complexity index is 876. The van der Waals surface area contributed by atoms with Gasteiger partial charge in [-0.15, -0.1) is 0 Å². The molecule has 1 aromatic carbocycles. The largest absolute Gasteiger partial charge is 0.481 e. The van der Waals surface area contributed by atoms with Crippen LogP contribution in [0.3, 0.4) is 0 Å². The Kier molecular flexibility index (Phi) is 11.0. The number of aryl methyl sites for hydroxylation is 1. The Morgan fingerprint density at radius 3 is 2.69 bits per heavy atom. The third kappa shape index (κ3) is 9.49. The van der Waals surface area contributed by atoms with Crippen molar-refractivity contribution in [2.75, 3.05) is 32.7 Å². The predicted molar refractivity (Wildman–Crippen MR) is 138 cm³/mol. The van der Waals surface area contributed by atoms with Gasteiger partial charge in [0.25, 0.3) is 0 Å². The highest BCUT2D eigenvalue weighted by Crippen LogP contribution is 2.28. The van der Waals surface area contributed by atoms with Crippen LogP contribution >= 0.6 is 0 Å². The number of carboxylic acids is 1. The standard InChI is InChI=1S/C26H40N6O4/c27-30-19-31-14-5-9-21(18-31)17-29-24(33)16-23(28-13-4-8-20-6-2-1-3-7-20)26(36)32(22-10-11-22)15-12-25(34)35/h1-3,6-7,19,21-23,28H,4-5,8-18,27H2,(H,29,33)(H,34,35)/t21-,23-/m0/s1. The molecule has 1 heterocycles. The van der Waals surface area contributed by atoms with Crippen LogP contribution < -0.4 is 16.5 Å². The summed E-state index contributed by atoms with van der Waals surface area (Å²) in [6.45, 7) is 2.98. The lowest BCUT2D eigenvalue weighted by atomic mass is 9.98. The van der Waals surface area contributed by atoms with E-state index in [-0.39, 0.29) is 37.2 Å². The Morgan fingerprint density at radius 1 is 1.22 bits per heavy atom. The quantitative estimate of drug-likeness (QED) is 0.0931. The maximum absolute atomic E-state index is 13.4. The molecule has 0 spiro atoms. The van der Waals surface area contributed by atoms with Crippen molar-refractivity contribution >= 4 is 24.1 Å². The van der Waals surface area contributed by atoms with E-state index in [1.807, 2.05) is 18.2 Å². The number of benzene rings is 1. The van der Waals surface area contributed by atoms with Gasteiger partial charge in [-0.1, -0.05) is 30.3 Å². The minimum Gasteiger partial charge on any atom is -0.481 e. The molecule has 10 heteroatoms. The second-order valence-electron chi connectivity index (χ2n) is 9.78. The highest BCUT2D eigenvalue weighted by Gasteiger charge is 2.36. The van der Waals surface area contributed by atoms with Crippen molar-refractivity contribution in [3.8, 4) is 0 Å². The van der Waals surface area contributed by atoms with Gasteiger partial charge >= 0.3 is 5.97 Å². The van der Waals surface area contributed by atoms with Crippen molar-refractivity contribution in [2.24, 2.45) is 16.9 Å². The van der Waals surface area contributed by atoms with Crippen LogP contribution in [0, 0.1) is 5.92 Å². The van der Waals surface area contributed by atoms with Crippen molar-refractivity contribution in [3.63, 3.8) is 0 Å². The van der Waals surface area contributed by atoms with Crippen molar-refractivity contribution in [1.29, 1.82) is 0 Å². The second kappa shape index (κ2) is 14.4. The summed E-state index contributed by atoms with van der Waals surface area (Å²) in [4.78, 5) is 41.1. The topological polar surface area (TPSA) is 140 Å². The van der Waals surface area contributed by atoms with Crippen LogP contribution in [0.5, 0.6) is 0 Å². The van der Waals surface area contributed by atoms with Gasteiger partial charge in [0.2, 0.25) is 11.8 Å². The molecule has 0 unspecified atom stereocenters. The first-order valence-electron chi connectivity index (χ1n) is 13.0. The van der Waals surface area contributed by atoms with E-state index in [0.29, 0.717) is 19.0 Å². The number of aliphatic carboxylic acids is 1. The molecule has 2 atom stereocenters. The normalized spacial score (nSPS) is 18.7. The number of hydrogen-bond donors (Lipinski definition) is 4. The summed E-state index contributed by atoms with van der Waals surface area (Å²) in [5.41, 5.74) is 1.22. The highest BCUT2D eigenvalue weighted by atomic mass is 16.4. The van der Waals surface area contributed by atoms with Gasteiger partial charge < -0.3 is 31.4 Å². The molecular formula is C26H40N6O4. The fraction of sp³-hybridized carbons (Fsp3) is 0.615. The lowest BCUT2D eigenvalue weighted by Crippen LogP contribution is -2.50. The Labute approximate surface area is 213 Å². The summed E-state index contributed by atoms with van der Waals surface area (Å²) in [5.74, 6) is 4.27. The highest BCUT2D eigenvalue weighted by molar-refractivity contribution is 5.89. The SMILES string of the molecule is NN=CN1CCC[C@@H](CNC(=O)C[C@H](NCCCc2ccccc2)C(=O)N(CCC(=O)O)C2CC2)C1. The summed E-state index contributed by atoms with van der Waals surface area (Å²) >= 11 is 0. The molecule has 1 saturated carbocycles. The molecule has 1 aliphatic heterocycles. The number of nitrogens with zero attached hydrogens (tertiary/aromatic N) is 3. The van der Waals surface area contributed by atoms with Crippen molar-refractivity contribution < 1.29 is 19.5 Å². The maximum atomic E-state index is 13.4. The molecule has 198 valence electrons. The number of carbonyl (C=O) groups excluding carboxylic acids is 2. The molecule has 3 rings (SSSR count). The lowest BCUT2D eigenvalue weighted by Gasteiger charge is -2.31. The number of nitrogens with one attached hydrogen (secondary N) is 2. The van der Waals surface area contributed by atoms with Crippen LogP contribution in [0.2, 0.25) is 0 Å². The number of carboxylic acid groups (broad SMARTS) is 1. The lowest BCUT2D eigenvalue weighted by molar-refractivity contribution is -0.140. The van der Waals surface area contributed by atoms with E-state index >= 15 is 0 Å². The second-order valence-corrected chi connectivity index (χ2v) is 9.78. The fourth-order valence-corrected chi connectivity index (χ4v) is 4.71. The molecule has 5 N–H and O–H groups in total. The predicted octanol–water partition coefficient (Wildman–Crippen LogP) is 1.16. The van der Waals surface area contributed by atoms with Gasteiger partial charge in [0.1, 0.15) is 6.34 Å². The number of rotatable bonds is 15. The maximum Gasteiger partial charge on any atom is 0.305 e. The monoisotopic (exact) mass is 500 g/mol. The first-order valence-corrected chi connectivity index (χ1v) is 13.0. The molecule has 1 aliphatic carbocycles. The number of hydrogen-bond acceptors (Lipinski definition) is 6. The molecule has 36 heavy (non-hydrogen) atoms. The van der Waals surface area contributed by atoms with Gasteiger partial charge in [-0.2, -0.15) is 5.10 Å². The van der Waals surface area contributed by atoms with E-state index in [2.05, 4.69) is 32.8 Å². The van der Waals surface area contributed by atoms with Crippen LogP contribution in [0.25, 0.3) is 0 Å². The fourth-order valence-electron chi connectivity index (χ4n) is 4.71. The summed E-state index contributed by atoms with van der Waals surface area (Å²) in [7, 11) is 0. The Hall–Kier alpha value is -3.14. The zero-order chi connectivity index (χ0) is 25.8. The molecule has 0 bridgehead atoms. The number of nitrogens with two attached hydrogens (primary N) is 1. The van der Waals surface area contributed by atoms with Crippen LogP contribution in [-0.2, 0) is 20.8 Å². The van der Waals surface area contributed by atoms with Gasteiger partial charge in [-0.05, 0) is 56.6 Å². The van der Waals surface area contributed by atoms with Crippen molar-refractivity contribution in [3.05, 3.63) is 35.9 Å². The molecule has 0 radical (unpaired) electrons. The summed E-state index contributed by atoms with van der Waals surface area (Å²) in [6, 6.07) is 9.53. The van der Waals surface area contributed by atoms with Gasteiger partial charge in [-0.25, -0.2) is 0 Å². The summed E-state index contributed by atoms with van der Waals surface area (Å²) in [5, 5.41) is 19.0. The molecule has 1 aromatic rings. The first kappa shape index (κ1) is 27.4. The zero-order valence-electron chi connectivity index (χ0n) is 21.0. The van der Waals surface area contributed by atoms with E-state index in [9.17, 15) is 14.4 Å². The van der Waals surface area contributed by atoms with E-state index in [1.54, 1.807) is 11.2 Å². The van der Waals surface area contributed by atoms with Gasteiger partial charge in [0, 0.05) is 32.2 Å². The third-order valence-corrected chi connectivity index (χ3v) is 6.77. The average molecular weight is 501 g/mol. The smallest absolute Gasteiger partial charge is 0.305 e. The number of likely N-dealkylation sites (tertiary alicyclic amines) is 1. The molecule has 1 saturated heterocycles. The molecular weight excluding hydrogens is 460 g/mol. The number of hydrazone groups is 1. The number of piperidine rings is 1. The first-order chi connectivity index (χ1) is 17.5. The van der Waals surface area contributed by atoms with E-state index < -0.39 is 12.0 Å². The minimum atomic E-state index is -0.931. The van der Waals surface area contributed by atoms with E-state index in [4.69, 9.17) is 10.9 Å².